The molecule has 0 fully saturated rings. The monoisotopic (exact) mass is 275 g/mol. The van der Waals surface area contributed by atoms with Crippen LogP contribution in [0.5, 0.6) is 0 Å². The van der Waals surface area contributed by atoms with Crippen LogP contribution in [0.4, 0.5) is 0 Å². The molecule has 0 amide bonds. The zero-order valence-corrected chi connectivity index (χ0v) is 12.6. The molecule has 0 saturated carbocycles. The molecule has 5 heteroatoms. The molecule has 0 bridgehead atoms. The average Bonchev–Trinajstić information content (AvgIpc) is 2.62. The van der Waals surface area contributed by atoms with Gasteiger partial charge in [0.2, 0.25) is 0 Å². The topological polar surface area (TPSA) is 68.0 Å². The summed E-state index contributed by atoms with van der Waals surface area (Å²) in [5, 5.41) is 9.04. The summed E-state index contributed by atoms with van der Waals surface area (Å²) in [6, 6.07) is 1.83. The normalized spacial score (nSPS) is 12.3. The highest BCUT2D eigenvalue weighted by Crippen LogP contribution is 2.26. The van der Waals surface area contributed by atoms with Crippen molar-refractivity contribution in [1.29, 1.82) is 0 Å². The van der Waals surface area contributed by atoms with Gasteiger partial charge in [-0.25, -0.2) is 14.8 Å². The summed E-state index contributed by atoms with van der Waals surface area (Å²) in [5.74, 6) is -0.0200. The van der Waals surface area contributed by atoms with E-state index in [2.05, 4.69) is 49.2 Å². The molecule has 0 aliphatic rings. The molecule has 2 rings (SSSR count). The van der Waals surface area contributed by atoms with Crippen molar-refractivity contribution in [3.8, 4) is 0 Å². The van der Waals surface area contributed by atoms with Crippen molar-refractivity contribution in [1.82, 2.24) is 14.5 Å². The minimum atomic E-state index is -0.976. The highest BCUT2D eigenvalue weighted by molar-refractivity contribution is 5.90. The number of aromatic carboxylic acids is 1. The van der Waals surface area contributed by atoms with Crippen molar-refractivity contribution in [2.24, 2.45) is 5.41 Å². The number of aromatic nitrogens is 3. The first-order valence-corrected chi connectivity index (χ1v) is 6.79. The molecular weight excluding hydrogens is 254 g/mol. The van der Waals surface area contributed by atoms with E-state index in [1.54, 1.807) is 6.07 Å². The van der Waals surface area contributed by atoms with Gasteiger partial charge in [0.05, 0.1) is 5.56 Å². The number of pyridine rings is 1. The van der Waals surface area contributed by atoms with Gasteiger partial charge < -0.3 is 9.67 Å². The molecular formula is C15H21N3O2. The van der Waals surface area contributed by atoms with E-state index in [0.717, 1.165) is 17.9 Å². The molecule has 0 aliphatic heterocycles. The molecule has 2 aromatic rings. The lowest BCUT2D eigenvalue weighted by Crippen LogP contribution is -2.15. The number of carbonyl (C=O) groups is 1. The van der Waals surface area contributed by atoms with E-state index in [1.165, 1.54) is 6.20 Å². The van der Waals surface area contributed by atoms with Gasteiger partial charge in [0.25, 0.3) is 0 Å². The maximum Gasteiger partial charge on any atom is 0.337 e. The second-order valence-electron chi connectivity index (χ2n) is 6.60. The number of nitrogens with zero attached hydrogens (tertiary/aromatic N) is 3. The van der Waals surface area contributed by atoms with Gasteiger partial charge in [0, 0.05) is 18.7 Å². The molecule has 2 aromatic heterocycles. The molecule has 1 N–H and O–H groups in total. The summed E-state index contributed by atoms with van der Waals surface area (Å²) < 4.78 is 2.09. The zero-order valence-electron chi connectivity index (χ0n) is 12.6. The first-order chi connectivity index (χ1) is 9.19. The lowest BCUT2D eigenvalue weighted by molar-refractivity contribution is 0.0696. The molecule has 0 unspecified atom stereocenters. The number of carboxylic acid groups (broad SMARTS) is 1. The first kappa shape index (κ1) is 14.5. The smallest absolute Gasteiger partial charge is 0.337 e. The lowest BCUT2D eigenvalue weighted by atomic mass is 9.92. The van der Waals surface area contributed by atoms with Crippen molar-refractivity contribution >= 4 is 17.1 Å². The third-order valence-electron chi connectivity index (χ3n) is 3.05. The van der Waals surface area contributed by atoms with Gasteiger partial charge in [0.15, 0.2) is 5.65 Å². The summed E-state index contributed by atoms with van der Waals surface area (Å²) >= 11 is 0. The van der Waals surface area contributed by atoms with Crippen molar-refractivity contribution in [3.63, 3.8) is 0 Å². The van der Waals surface area contributed by atoms with Crippen LogP contribution in [-0.4, -0.2) is 25.6 Å². The van der Waals surface area contributed by atoms with Crippen LogP contribution < -0.4 is 0 Å². The van der Waals surface area contributed by atoms with Crippen molar-refractivity contribution in [3.05, 3.63) is 23.7 Å². The van der Waals surface area contributed by atoms with Gasteiger partial charge in [0.1, 0.15) is 11.3 Å². The zero-order chi connectivity index (χ0) is 15.1. The maximum absolute atomic E-state index is 11.0. The molecule has 108 valence electrons. The molecule has 5 nitrogen and oxygen atoms in total. The van der Waals surface area contributed by atoms with E-state index in [-0.39, 0.29) is 17.0 Å². The summed E-state index contributed by atoms with van der Waals surface area (Å²) in [6.45, 7) is 10.6. The van der Waals surface area contributed by atoms with Crippen LogP contribution in [0.15, 0.2) is 12.3 Å². The fraction of sp³-hybridized carbons (Fsp3) is 0.533. The van der Waals surface area contributed by atoms with Crippen LogP contribution in [0.1, 0.15) is 56.8 Å². The van der Waals surface area contributed by atoms with Crippen molar-refractivity contribution in [2.45, 2.75) is 47.1 Å². The van der Waals surface area contributed by atoms with Crippen LogP contribution in [0.3, 0.4) is 0 Å². The number of hydrogen-bond acceptors (Lipinski definition) is 3. The van der Waals surface area contributed by atoms with Gasteiger partial charge in [-0.15, -0.1) is 0 Å². The van der Waals surface area contributed by atoms with E-state index in [9.17, 15) is 4.79 Å². The summed E-state index contributed by atoms with van der Waals surface area (Å²) in [4.78, 5) is 19.9. The summed E-state index contributed by atoms with van der Waals surface area (Å²) in [5.41, 5.74) is 1.69. The van der Waals surface area contributed by atoms with Crippen LogP contribution in [0.25, 0.3) is 11.2 Å². The molecule has 20 heavy (non-hydrogen) atoms. The van der Waals surface area contributed by atoms with Crippen LogP contribution in [-0.2, 0) is 6.42 Å². The molecule has 0 aromatic carbocycles. The third-order valence-corrected chi connectivity index (χ3v) is 3.05. The van der Waals surface area contributed by atoms with E-state index < -0.39 is 5.97 Å². The fourth-order valence-corrected chi connectivity index (χ4v) is 2.29. The Hall–Kier alpha value is -1.91. The molecule has 0 radical (unpaired) electrons. The summed E-state index contributed by atoms with van der Waals surface area (Å²) in [6.07, 6.45) is 2.22. The second-order valence-corrected chi connectivity index (χ2v) is 6.60. The first-order valence-electron chi connectivity index (χ1n) is 6.79. The van der Waals surface area contributed by atoms with Gasteiger partial charge in [-0.1, -0.05) is 20.8 Å². The van der Waals surface area contributed by atoms with Gasteiger partial charge in [-0.3, -0.25) is 0 Å². The Labute approximate surface area is 118 Å². The van der Waals surface area contributed by atoms with E-state index in [4.69, 9.17) is 5.11 Å². The molecule has 2 heterocycles. The largest absolute Gasteiger partial charge is 0.478 e. The standard InChI is InChI=1S/C15H21N3O2/c1-9(2)18-12(7-15(3,4)5)17-11-6-10(14(19)20)8-16-13(11)18/h6,8-9H,7H2,1-5H3,(H,19,20). The Morgan fingerprint density at radius 2 is 2.05 bits per heavy atom. The SMILES string of the molecule is CC(C)n1c(CC(C)(C)C)nc2cc(C(=O)O)cnc21. The fourth-order valence-electron chi connectivity index (χ4n) is 2.29. The van der Waals surface area contributed by atoms with Crippen LogP contribution in [0.2, 0.25) is 0 Å². The Kier molecular flexibility index (Phi) is 3.54. The predicted molar refractivity (Wildman–Crippen MR) is 78.0 cm³/mol. The quantitative estimate of drug-likeness (QED) is 0.933. The highest BCUT2D eigenvalue weighted by atomic mass is 16.4. The average molecular weight is 275 g/mol. The molecule has 0 saturated heterocycles. The predicted octanol–water partition coefficient (Wildman–Crippen LogP) is 3.30. The third kappa shape index (κ3) is 2.81. The number of imidazole rings is 1. The molecule has 0 spiro atoms. The van der Waals surface area contributed by atoms with E-state index in [0.29, 0.717) is 5.52 Å². The Morgan fingerprint density at radius 3 is 2.55 bits per heavy atom. The Balaban J connectivity index is 2.62. The minimum absolute atomic E-state index is 0.115. The van der Waals surface area contributed by atoms with E-state index in [1.807, 2.05) is 0 Å². The van der Waals surface area contributed by atoms with Gasteiger partial charge in [-0.05, 0) is 25.3 Å². The van der Waals surface area contributed by atoms with Crippen molar-refractivity contribution < 1.29 is 9.90 Å². The summed E-state index contributed by atoms with van der Waals surface area (Å²) in [7, 11) is 0. The second kappa shape index (κ2) is 4.89. The maximum atomic E-state index is 11.0. The van der Waals surface area contributed by atoms with Gasteiger partial charge >= 0.3 is 5.97 Å². The number of hydrogen-bond donors (Lipinski definition) is 1. The van der Waals surface area contributed by atoms with Crippen molar-refractivity contribution in [2.75, 3.05) is 0 Å². The number of carboxylic acids is 1. The Bertz CT molecular complexity index is 651. The number of fused-ring (bicyclic) bond motifs is 1. The number of rotatable bonds is 3. The van der Waals surface area contributed by atoms with E-state index >= 15 is 0 Å². The molecule has 0 aliphatic carbocycles. The van der Waals surface area contributed by atoms with Crippen LogP contribution >= 0.6 is 0 Å². The lowest BCUT2D eigenvalue weighted by Gasteiger charge is -2.20. The van der Waals surface area contributed by atoms with Gasteiger partial charge in [-0.2, -0.15) is 0 Å². The minimum Gasteiger partial charge on any atom is -0.478 e. The molecule has 0 atom stereocenters. The highest BCUT2D eigenvalue weighted by Gasteiger charge is 2.21. The van der Waals surface area contributed by atoms with Crippen LogP contribution in [0, 0.1) is 5.41 Å². The Morgan fingerprint density at radius 1 is 1.40 bits per heavy atom.